The molecule has 5 nitrogen and oxygen atoms in total. The Balaban J connectivity index is 2.18. The van der Waals surface area contributed by atoms with Crippen molar-refractivity contribution >= 4 is 44.8 Å². The van der Waals surface area contributed by atoms with Gasteiger partial charge in [0.2, 0.25) is 11.7 Å². The van der Waals surface area contributed by atoms with Crippen LogP contribution in [0, 0.1) is 0 Å². The lowest BCUT2D eigenvalue weighted by Crippen LogP contribution is -2.54. The van der Waals surface area contributed by atoms with E-state index >= 15 is 0 Å². The second kappa shape index (κ2) is 6.72. The molecule has 126 valence electrons. The summed E-state index contributed by atoms with van der Waals surface area (Å²) < 4.78 is 0.848. The third-order valence-electron chi connectivity index (χ3n) is 4.12. The van der Waals surface area contributed by atoms with E-state index in [1.165, 1.54) is 18.9 Å². The van der Waals surface area contributed by atoms with Gasteiger partial charge in [-0.05, 0) is 24.3 Å². The maximum Gasteiger partial charge on any atom is 0.224 e. The molecule has 0 bridgehead atoms. The number of rotatable bonds is 2. The van der Waals surface area contributed by atoms with Crippen molar-refractivity contribution in [3.63, 3.8) is 0 Å². The lowest BCUT2D eigenvalue weighted by Gasteiger charge is -2.33. The second-order valence-electron chi connectivity index (χ2n) is 5.62. The van der Waals surface area contributed by atoms with Crippen molar-refractivity contribution in [3.05, 3.63) is 64.1 Å². The van der Waals surface area contributed by atoms with Crippen LogP contribution in [-0.4, -0.2) is 36.3 Å². The van der Waals surface area contributed by atoms with Crippen molar-refractivity contribution in [2.45, 2.75) is 13.0 Å². The highest BCUT2D eigenvalue weighted by molar-refractivity contribution is 9.10. The summed E-state index contributed by atoms with van der Waals surface area (Å²) in [7, 11) is 1.46. The molecule has 3 rings (SSSR count). The van der Waals surface area contributed by atoms with Gasteiger partial charge >= 0.3 is 0 Å². The molecule has 2 aromatic carbocycles. The summed E-state index contributed by atoms with van der Waals surface area (Å²) in [5, 5.41) is 0. The van der Waals surface area contributed by atoms with Gasteiger partial charge in [-0.15, -0.1) is 0 Å². The highest BCUT2D eigenvalue weighted by Gasteiger charge is 2.43. The van der Waals surface area contributed by atoms with Crippen LogP contribution in [0.5, 0.6) is 0 Å². The molecule has 0 aromatic heterocycles. The van der Waals surface area contributed by atoms with E-state index in [-0.39, 0.29) is 23.2 Å². The maximum atomic E-state index is 13.1. The predicted octanol–water partition coefficient (Wildman–Crippen LogP) is 3.32. The van der Waals surface area contributed by atoms with Gasteiger partial charge in [0.1, 0.15) is 11.8 Å². The molecule has 1 aliphatic carbocycles. The number of Topliss-reactive ketones (excluding diaryl/α,β-unsaturated/α-hetero) is 2. The van der Waals surface area contributed by atoms with E-state index in [1.807, 2.05) is 0 Å². The molecule has 0 saturated carbocycles. The normalized spacial score (nSPS) is 18.2. The standard InChI is InChI=1S/C19H15BrN2O3/c1-11(23)22(13-9-7-12(20)8-10-13)17-16(21-2)18(24)14-5-3-4-6-15(14)19(17)25/h3-10,17H,1-2H3/t17-/m0/s1. The average Bonchev–Trinajstić information content (AvgIpc) is 2.61. The van der Waals surface area contributed by atoms with Crippen molar-refractivity contribution in [2.75, 3.05) is 11.9 Å². The molecule has 0 fully saturated rings. The minimum atomic E-state index is -1.06. The summed E-state index contributed by atoms with van der Waals surface area (Å²) in [5.74, 6) is -0.978. The number of benzene rings is 2. The predicted molar refractivity (Wildman–Crippen MR) is 99.6 cm³/mol. The molecule has 1 atom stereocenters. The van der Waals surface area contributed by atoms with E-state index in [4.69, 9.17) is 0 Å². The zero-order chi connectivity index (χ0) is 18.1. The molecule has 0 radical (unpaired) electrons. The van der Waals surface area contributed by atoms with Gasteiger partial charge in [0, 0.05) is 35.3 Å². The van der Waals surface area contributed by atoms with Gasteiger partial charge in [-0.25, -0.2) is 0 Å². The van der Waals surface area contributed by atoms with Gasteiger partial charge in [-0.2, -0.15) is 0 Å². The molecular weight excluding hydrogens is 384 g/mol. The second-order valence-corrected chi connectivity index (χ2v) is 6.53. The smallest absolute Gasteiger partial charge is 0.224 e. The van der Waals surface area contributed by atoms with Crippen LogP contribution in [0.15, 0.2) is 58.0 Å². The van der Waals surface area contributed by atoms with Crippen molar-refractivity contribution < 1.29 is 14.4 Å². The van der Waals surface area contributed by atoms with Crippen LogP contribution in [0.25, 0.3) is 0 Å². The van der Waals surface area contributed by atoms with E-state index < -0.39 is 6.04 Å². The molecule has 0 saturated heterocycles. The number of anilines is 1. The van der Waals surface area contributed by atoms with E-state index in [9.17, 15) is 14.4 Å². The highest BCUT2D eigenvalue weighted by atomic mass is 79.9. The monoisotopic (exact) mass is 398 g/mol. The first-order chi connectivity index (χ1) is 12.0. The Morgan fingerprint density at radius 2 is 1.64 bits per heavy atom. The Bertz CT molecular complexity index is 903. The van der Waals surface area contributed by atoms with Gasteiger partial charge in [-0.3, -0.25) is 24.3 Å². The summed E-state index contributed by atoms with van der Waals surface area (Å²) in [6, 6.07) is 12.5. The minimum absolute atomic E-state index is 0.0711. The topological polar surface area (TPSA) is 66.8 Å². The molecule has 6 heteroatoms. The minimum Gasteiger partial charge on any atom is -0.296 e. The number of aliphatic imine (C=N–C) groups is 1. The first kappa shape index (κ1) is 17.2. The molecule has 0 aliphatic heterocycles. The van der Waals surface area contributed by atoms with Crippen LogP contribution in [0.2, 0.25) is 0 Å². The molecule has 0 spiro atoms. The molecule has 1 amide bonds. The highest BCUT2D eigenvalue weighted by Crippen LogP contribution is 2.28. The number of halogens is 1. The van der Waals surface area contributed by atoms with Crippen molar-refractivity contribution in [1.82, 2.24) is 0 Å². The maximum absolute atomic E-state index is 13.1. The fourth-order valence-electron chi connectivity index (χ4n) is 3.01. The lowest BCUT2D eigenvalue weighted by atomic mass is 9.83. The van der Waals surface area contributed by atoms with Crippen LogP contribution < -0.4 is 4.90 Å². The number of carbonyl (C=O) groups is 3. The average molecular weight is 399 g/mol. The molecular formula is C19H15BrN2O3. The number of fused-ring (bicyclic) bond motifs is 1. The number of hydrogen-bond donors (Lipinski definition) is 0. The third kappa shape index (κ3) is 2.93. The first-order valence-electron chi connectivity index (χ1n) is 7.65. The van der Waals surface area contributed by atoms with Crippen LogP contribution in [0.3, 0.4) is 0 Å². The summed E-state index contributed by atoms with van der Waals surface area (Å²) in [6.45, 7) is 1.37. The zero-order valence-electron chi connectivity index (χ0n) is 13.7. The number of amides is 1. The Hall–Kier alpha value is -2.60. The lowest BCUT2D eigenvalue weighted by molar-refractivity contribution is -0.116. The number of hydrogen-bond acceptors (Lipinski definition) is 4. The Labute approximate surface area is 153 Å². The van der Waals surface area contributed by atoms with Gasteiger partial charge in [0.05, 0.1) is 0 Å². The third-order valence-corrected chi connectivity index (χ3v) is 4.65. The summed E-state index contributed by atoms with van der Waals surface area (Å²) in [4.78, 5) is 43.6. The van der Waals surface area contributed by atoms with Crippen molar-refractivity contribution in [3.8, 4) is 0 Å². The Kier molecular flexibility index (Phi) is 4.63. The van der Waals surface area contributed by atoms with E-state index in [0.717, 1.165) is 4.47 Å². The Morgan fingerprint density at radius 3 is 2.20 bits per heavy atom. The molecule has 0 unspecified atom stereocenters. The van der Waals surface area contributed by atoms with Gasteiger partial charge in [0.25, 0.3) is 0 Å². The fraction of sp³-hybridized carbons (Fsp3) is 0.158. The van der Waals surface area contributed by atoms with E-state index in [1.54, 1.807) is 48.5 Å². The van der Waals surface area contributed by atoms with Crippen molar-refractivity contribution in [2.24, 2.45) is 4.99 Å². The quantitative estimate of drug-likeness (QED) is 0.778. The van der Waals surface area contributed by atoms with Crippen LogP contribution in [0.4, 0.5) is 5.69 Å². The first-order valence-corrected chi connectivity index (χ1v) is 8.45. The largest absolute Gasteiger partial charge is 0.296 e. The van der Waals surface area contributed by atoms with Gasteiger partial charge in [0.15, 0.2) is 5.78 Å². The SMILES string of the molecule is CN=C1C(=O)c2ccccc2C(=O)[C@H]1N(C(C)=O)c1ccc(Br)cc1. The van der Waals surface area contributed by atoms with Crippen molar-refractivity contribution in [1.29, 1.82) is 0 Å². The number of nitrogens with zero attached hydrogens (tertiary/aromatic N) is 2. The number of carbonyl (C=O) groups excluding carboxylic acids is 3. The van der Waals surface area contributed by atoms with Gasteiger partial charge < -0.3 is 0 Å². The number of ketones is 2. The zero-order valence-corrected chi connectivity index (χ0v) is 15.3. The molecule has 25 heavy (non-hydrogen) atoms. The summed E-state index contributed by atoms with van der Waals surface area (Å²) >= 11 is 3.35. The summed E-state index contributed by atoms with van der Waals surface area (Å²) in [5.41, 5.74) is 1.24. The van der Waals surface area contributed by atoms with Gasteiger partial charge in [-0.1, -0.05) is 40.2 Å². The van der Waals surface area contributed by atoms with Crippen LogP contribution >= 0.6 is 15.9 Å². The van der Waals surface area contributed by atoms with Crippen LogP contribution in [-0.2, 0) is 4.79 Å². The van der Waals surface area contributed by atoms with E-state index in [0.29, 0.717) is 16.8 Å². The molecule has 0 N–H and O–H groups in total. The van der Waals surface area contributed by atoms with E-state index in [2.05, 4.69) is 20.9 Å². The van der Waals surface area contributed by atoms with Crippen LogP contribution in [0.1, 0.15) is 27.6 Å². The molecule has 2 aromatic rings. The molecule has 1 aliphatic rings. The Morgan fingerprint density at radius 1 is 1.04 bits per heavy atom. The molecule has 0 heterocycles. The summed E-state index contributed by atoms with van der Waals surface area (Å²) in [6.07, 6.45) is 0. The fourth-order valence-corrected chi connectivity index (χ4v) is 3.27.